The molecule has 0 saturated carbocycles. The summed E-state index contributed by atoms with van der Waals surface area (Å²) in [5, 5.41) is 28.6. The third-order valence-corrected chi connectivity index (χ3v) is 2.70. The fraction of sp³-hybridized carbons (Fsp3) is 0.385. The van der Waals surface area contributed by atoms with Crippen LogP contribution >= 0.6 is 0 Å². The van der Waals surface area contributed by atoms with E-state index in [0.29, 0.717) is 6.42 Å². The highest BCUT2D eigenvalue weighted by Crippen LogP contribution is 2.37. The quantitative estimate of drug-likeness (QED) is 0.410. The number of hydrogen-bond acceptors (Lipinski definition) is 5. The van der Waals surface area contributed by atoms with Crippen molar-refractivity contribution >= 4 is 12.1 Å². The number of Topliss-reactive ketones (excluding diaryl/α,β-unsaturated/α-hetero) is 1. The minimum absolute atomic E-state index is 0.179. The summed E-state index contributed by atoms with van der Waals surface area (Å²) in [5.74, 6) is -2.17. The second-order valence-corrected chi connectivity index (χ2v) is 4.05. The van der Waals surface area contributed by atoms with E-state index < -0.39 is 23.0 Å². The number of ketones is 1. The van der Waals surface area contributed by atoms with Gasteiger partial charge in [0.2, 0.25) is 0 Å². The van der Waals surface area contributed by atoms with Gasteiger partial charge in [-0.05, 0) is 6.42 Å². The zero-order chi connectivity index (χ0) is 13.7. The average Bonchev–Trinajstić information content (AvgIpc) is 2.29. The summed E-state index contributed by atoms with van der Waals surface area (Å²) in [6, 6.07) is 0.885. The largest absolute Gasteiger partial charge is 0.507 e. The Kier molecular flexibility index (Phi) is 4.71. The molecule has 1 rings (SSSR count). The normalized spacial score (nSPS) is 10.3. The Morgan fingerprint density at radius 1 is 1.22 bits per heavy atom. The molecule has 0 spiro atoms. The number of aldehydes is 1. The standard InChI is InChI=1S/C13H16O5/c1-2-3-4-5-9(15)12-11(17)6-10(16)8(7-14)13(12)18/h6-7,16-18H,2-5H2,1H3. The molecule has 18 heavy (non-hydrogen) atoms. The van der Waals surface area contributed by atoms with Gasteiger partial charge in [0, 0.05) is 12.5 Å². The summed E-state index contributed by atoms with van der Waals surface area (Å²) in [6.45, 7) is 1.99. The van der Waals surface area contributed by atoms with Gasteiger partial charge in [-0.15, -0.1) is 0 Å². The maximum Gasteiger partial charge on any atom is 0.170 e. The summed E-state index contributed by atoms with van der Waals surface area (Å²) in [7, 11) is 0. The zero-order valence-electron chi connectivity index (χ0n) is 10.1. The van der Waals surface area contributed by atoms with Gasteiger partial charge in [0.05, 0.1) is 5.56 Å². The van der Waals surface area contributed by atoms with Crippen LogP contribution in [0.3, 0.4) is 0 Å². The first kappa shape index (κ1) is 14.0. The molecule has 0 aliphatic carbocycles. The van der Waals surface area contributed by atoms with E-state index in [1.807, 2.05) is 6.92 Å². The molecule has 5 nitrogen and oxygen atoms in total. The maximum absolute atomic E-state index is 11.8. The molecule has 0 heterocycles. The summed E-state index contributed by atoms with van der Waals surface area (Å²) in [5.41, 5.74) is -0.683. The highest BCUT2D eigenvalue weighted by atomic mass is 16.3. The average molecular weight is 252 g/mol. The molecule has 0 aliphatic rings. The Morgan fingerprint density at radius 2 is 1.89 bits per heavy atom. The smallest absolute Gasteiger partial charge is 0.170 e. The first-order chi connectivity index (χ1) is 8.52. The SMILES string of the molecule is CCCCCC(=O)c1c(O)cc(O)c(C=O)c1O. The van der Waals surface area contributed by atoms with Crippen molar-refractivity contribution in [3.05, 3.63) is 17.2 Å². The van der Waals surface area contributed by atoms with Crippen LogP contribution in [-0.4, -0.2) is 27.4 Å². The predicted octanol–water partition coefficient (Wildman–Crippen LogP) is 2.38. The topological polar surface area (TPSA) is 94.8 Å². The van der Waals surface area contributed by atoms with E-state index in [9.17, 15) is 24.9 Å². The van der Waals surface area contributed by atoms with E-state index in [-0.39, 0.29) is 23.8 Å². The summed E-state index contributed by atoms with van der Waals surface area (Å²) < 4.78 is 0. The van der Waals surface area contributed by atoms with Crippen molar-refractivity contribution in [2.24, 2.45) is 0 Å². The molecule has 0 radical (unpaired) electrons. The molecule has 0 aliphatic heterocycles. The molecular weight excluding hydrogens is 236 g/mol. The molecule has 0 bridgehead atoms. The van der Waals surface area contributed by atoms with Crippen molar-refractivity contribution in [3.63, 3.8) is 0 Å². The van der Waals surface area contributed by atoms with Crippen LogP contribution < -0.4 is 0 Å². The second kappa shape index (κ2) is 6.05. The van der Waals surface area contributed by atoms with Crippen LogP contribution in [0.4, 0.5) is 0 Å². The van der Waals surface area contributed by atoms with E-state index in [0.717, 1.165) is 18.9 Å². The third kappa shape index (κ3) is 2.80. The van der Waals surface area contributed by atoms with E-state index in [2.05, 4.69) is 0 Å². The van der Waals surface area contributed by atoms with Crippen molar-refractivity contribution in [3.8, 4) is 17.2 Å². The van der Waals surface area contributed by atoms with Gasteiger partial charge in [-0.1, -0.05) is 19.8 Å². The molecular formula is C13H16O5. The number of carbonyl (C=O) groups is 2. The van der Waals surface area contributed by atoms with Crippen LogP contribution in [0.5, 0.6) is 17.2 Å². The number of carbonyl (C=O) groups excluding carboxylic acids is 2. The van der Waals surface area contributed by atoms with Gasteiger partial charge >= 0.3 is 0 Å². The van der Waals surface area contributed by atoms with Gasteiger partial charge in [-0.25, -0.2) is 0 Å². The Balaban J connectivity index is 3.08. The molecule has 1 aromatic carbocycles. The Hall–Kier alpha value is -2.04. The van der Waals surface area contributed by atoms with Gasteiger partial charge in [0.25, 0.3) is 0 Å². The van der Waals surface area contributed by atoms with Gasteiger partial charge in [0.1, 0.15) is 22.8 Å². The third-order valence-electron chi connectivity index (χ3n) is 2.70. The molecule has 98 valence electrons. The minimum atomic E-state index is -0.663. The van der Waals surface area contributed by atoms with Gasteiger partial charge in [0.15, 0.2) is 12.1 Å². The molecule has 0 unspecified atom stereocenters. The Morgan fingerprint density at radius 3 is 2.44 bits per heavy atom. The monoisotopic (exact) mass is 252 g/mol. The Bertz CT molecular complexity index is 465. The van der Waals surface area contributed by atoms with Crippen LogP contribution in [0, 0.1) is 0 Å². The van der Waals surface area contributed by atoms with Crippen LogP contribution in [0.1, 0.15) is 53.3 Å². The second-order valence-electron chi connectivity index (χ2n) is 4.05. The summed E-state index contributed by atoms with van der Waals surface area (Å²) in [6.07, 6.45) is 2.88. The molecule has 0 fully saturated rings. The van der Waals surface area contributed by atoms with E-state index >= 15 is 0 Å². The fourth-order valence-electron chi connectivity index (χ4n) is 1.71. The number of phenolic OH excluding ortho intramolecular Hbond substituents is 3. The van der Waals surface area contributed by atoms with Crippen LogP contribution in [0.2, 0.25) is 0 Å². The highest BCUT2D eigenvalue weighted by molar-refractivity contribution is 6.04. The van der Waals surface area contributed by atoms with E-state index in [1.165, 1.54) is 0 Å². The summed E-state index contributed by atoms with van der Waals surface area (Å²) in [4.78, 5) is 22.5. The lowest BCUT2D eigenvalue weighted by atomic mass is 9.99. The highest BCUT2D eigenvalue weighted by Gasteiger charge is 2.21. The van der Waals surface area contributed by atoms with E-state index in [4.69, 9.17) is 0 Å². The molecule has 3 N–H and O–H groups in total. The molecule has 0 amide bonds. The summed E-state index contributed by atoms with van der Waals surface area (Å²) >= 11 is 0. The van der Waals surface area contributed by atoms with E-state index in [1.54, 1.807) is 0 Å². The number of hydrogen-bond donors (Lipinski definition) is 3. The van der Waals surface area contributed by atoms with Crippen molar-refractivity contribution < 1.29 is 24.9 Å². The molecule has 0 aromatic heterocycles. The lowest BCUT2D eigenvalue weighted by Gasteiger charge is -2.09. The fourth-order valence-corrected chi connectivity index (χ4v) is 1.71. The van der Waals surface area contributed by atoms with Crippen LogP contribution in [0.15, 0.2) is 6.07 Å². The lowest BCUT2D eigenvalue weighted by molar-refractivity contribution is 0.0974. The first-order valence-electron chi connectivity index (χ1n) is 5.79. The van der Waals surface area contributed by atoms with Crippen LogP contribution in [-0.2, 0) is 0 Å². The maximum atomic E-state index is 11.8. The first-order valence-corrected chi connectivity index (χ1v) is 5.79. The number of unbranched alkanes of at least 4 members (excludes halogenated alkanes) is 2. The molecule has 5 heteroatoms. The van der Waals surface area contributed by atoms with Crippen LogP contribution in [0.25, 0.3) is 0 Å². The Labute approximate surface area is 105 Å². The minimum Gasteiger partial charge on any atom is -0.507 e. The molecule has 0 saturated heterocycles. The number of aromatic hydroxyl groups is 3. The number of benzene rings is 1. The van der Waals surface area contributed by atoms with Gasteiger partial charge in [-0.2, -0.15) is 0 Å². The van der Waals surface area contributed by atoms with Gasteiger partial charge in [-0.3, -0.25) is 9.59 Å². The molecule has 0 atom stereocenters. The van der Waals surface area contributed by atoms with Crippen molar-refractivity contribution in [2.75, 3.05) is 0 Å². The lowest BCUT2D eigenvalue weighted by Crippen LogP contribution is -2.02. The van der Waals surface area contributed by atoms with Gasteiger partial charge < -0.3 is 15.3 Å². The van der Waals surface area contributed by atoms with Crippen molar-refractivity contribution in [2.45, 2.75) is 32.6 Å². The molecule has 1 aromatic rings. The van der Waals surface area contributed by atoms with Crippen molar-refractivity contribution in [1.82, 2.24) is 0 Å². The van der Waals surface area contributed by atoms with Crippen molar-refractivity contribution in [1.29, 1.82) is 0 Å². The number of phenols is 3. The predicted molar refractivity (Wildman–Crippen MR) is 65.3 cm³/mol. The zero-order valence-corrected chi connectivity index (χ0v) is 10.1. The number of rotatable bonds is 6.